The number of piperidine rings is 1. The van der Waals surface area contributed by atoms with Gasteiger partial charge in [-0.2, -0.15) is 5.26 Å². The van der Waals surface area contributed by atoms with Crippen molar-refractivity contribution >= 4 is 11.8 Å². The van der Waals surface area contributed by atoms with Crippen molar-refractivity contribution in [1.82, 2.24) is 4.98 Å². The first-order valence-corrected chi connectivity index (χ1v) is 6.53. The number of hydrogen-bond donors (Lipinski definition) is 0. The molecule has 2 rings (SSSR count). The van der Waals surface area contributed by atoms with Crippen LogP contribution in [0.15, 0.2) is 18.2 Å². The molecule has 0 bridgehead atoms. The highest BCUT2D eigenvalue weighted by Gasteiger charge is 2.26. The fraction of sp³-hybridized carbons (Fsp3) is 0.500. The molecule has 0 atom stereocenters. The lowest BCUT2D eigenvalue weighted by atomic mass is 9.97. The molecule has 19 heavy (non-hydrogen) atoms. The molecule has 1 aliphatic rings. The SMILES string of the molecule is CCOC(=O)C1CCN(c2cccc(C#N)n2)CC1. The third-order valence-corrected chi connectivity index (χ3v) is 3.29. The quantitative estimate of drug-likeness (QED) is 0.773. The molecule has 5 nitrogen and oxygen atoms in total. The molecule has 0 radical (unpaired) electrons. The van der Waals surface area contributed by atoms with Crippen LogP contribution in [0.3, 0.4) is 0 Å². The van der Waals surface area contributed by atoms with Gasteiger partial charge in [-0.15, -0.1) is 0 Å². The predicted molar refractivity (Wildman–Crippen MR) is 70.5 cm³/mol. The van der Waals surface area contributed by atoms with Gasteiger partial charge in [0.25, 0.3) is 0 Å². The van der Waals surface area contributed by atoms with E-state index in [1.165, 1.54) is 0 Å². The van der Waals surface area contributed by atoms with Crippen LogP contribution in [0.25, 0.3) is 0 Å². The summed E-state index contributed by atoms with van der Waals surface area (Å²) in [6.45, 7) is 3.80. The summed E-state index contributed by atoms with van der Waals surface area (Å²) in [5.74, 6) is 0.706. The fourth-order valence-electron chi connectivity index (χ4n) is 2.27. The zero-order valence-corrected chi connectivity index (χ0v) is 11.0. The third kappa shape index (κ3) is 3.22. The Labute approximate surface area is 112 Å². The topological polar surface area (TPSA) is 66.2 Å². The number of esters is 1. The first kappa shape index (κ1) is 13.3. The van der Waals surface area contributed by atoms with E-state index in [4.69, 9.17) is 10.00 Å². The Kier molecular flexibility index (Phi) is 4.35. The first-order chi connectivity index (χ1) is 9.24. The Morgan fingerprint density at radius 2 is 2.26 bits per heavy atom. The van der Waals surface area contributed by atoms with Gasteiger partial charge in [0, 0.05) is 13.1 Å². The van der Waals surface area contributed by atoms with Crippen molar-refractivity contribution in [1.29, 1.82) is 5.26 Å². The number of pyridine rings is 1. The molecule has 0 aromatic carbocycles. The van der Waals surface area contributed by atoms with Crippen LogP contribution in [0.4, 0.5) is 5.82 Å². The van der Waals surface area contributed by atoms with Crippen LogP contribution in [0.1, 0.15) is 25.5 Å². The highest BCUT2D eigenvalue weighted by molar-refractivity contribution is 5.72. The fourth-order valence-corrected chi connectivity index (χ4v) is 2.27. The Morgan fingerprint density at radius 1 is 1.53 bits per heavy atom. The summed E-state index contributed by atoms with van der Waals surface area (Å²) in [7, 11) is 0. The Balaban J connectivity index is 1.96. The van der Waals surface area contributed by atoms with Gasteiger partial charge in [-0.3, -0.25) is 4.79 Å². The lowest BCUT2D eigenvalue weighted by Gasteiger charge is -2.31. The van der Waals surface area contributed by atoms with E-state index in [1.807, 2.05) is 25.1 Å². The smallest absolute Gasteiger partial charge is 0.309 e. The molecule has 5 heteroatoms. The maximum Gasteiger partial charge on any atom is 0.309 e. The molecular weight excluding hydrogens is 242 g/mol. The van der Waals surface area contributed by atoms with Gasteiger partial charge in [0.05, 0.1) is 12.5 Å². The van der Waals surface area contributed by atoms with E-state index >= 15 is 0 Å². The highest BCUT2D eigenvalue weighted by atomic mass is 16.5. The molecule has 0 spiro atoms. The van der Waals surface area contributed by atoms with Crippen LogP contribution < -0.4 is 4.90 Å². The lowest BCUT2D eigenvalue weighted by Crippen LogP contribution is -2.37. The number of nitriles is 1. The van der Waals surface area contributed by atoms with Crippen molar-refractivity contribution in [3.05, 3.63) is 23.9 Å². The van der Waals surface area contributed by atoms with Crippen molar-refractivity contribution < 1.29 is 9.53 Å². The summed E-state index contributed by atoms with van der Waals surface area (Å²) < 4.78 is 5.04. The molecule has 1 aliphatic heterocycles. The second kappa shape index (κ2) is 6.19. The summed E-state index contributed by atoms with van der Waals surface area (Å²) in [5, 5.41) is 8.84. The van der Waals surface area contributed by atoms with Gasteiger partial charge in [-0.25, -0.2) is 4.98 Å². The molecule has 1 fully saturated rings. The molecule has 0 amide bonds. The molecule has 1 saturated heterocycles. The Morgan fingerprint density at radius 3 is 2.89 bits per heavy atom. The number of anilines is 1. The van der Waals surface area contributed by atoms with Crippen LogP contribution in [-0.2, 0) is 9.53 Å². The Hall–Kier alpha value is -2.09. The summed E-state index contributed by atoms with van der Waals surface area (Å²) in [5.41, 5.74) is 0.421. The molecule has 0 saturated carbocycles. The molecular formula is C14H17N3O2. The Bertz CT molecular complexity index is 488. The van der Waals surface area contributed by atoms with Gasteiger partial charge in [0.1, 0.15) is 17.6 Å². The lowest BCUT2D eigenvalue weighted by molar-refractivity contribution is -0.148. The van der Waals surface area contributed by atoms with E-state index in [1.54, 1.807) is 6.07 Å². The summed E-state index contributed by atoms with van der Waals surface area (Å²) >= 11 is 0. The zero-order valence-electron chi connectivity index (χ0n) is 11.0. The molecule has 0 unspecified atom stereocenters. The summed E-state index contributed by atoms with van der Waals surface area (Å²) in [6, 6.07) is 7.45. The van der Waals surface area contributed by atoms with Gasteiger partial charge >= 0.3 is 5.97 Å². The molecule has 0 N–H and O–H groups in total. The maximum atomic E-state index is 11.6. The number of carbonyl (C=O) groups is 1. The molecule has 0 aliphatic carbocycles. The molecule has 2 heterocycles. The van der Waals surface area contributed by atoms with Crippen molar-refractivity contribution in [3.63, 3.8) is 0 Å². The summed E-state index contributed by atoms with van der Waals surface area (Å²) in [4.78, 5) is 18.0. The van der Waals surface area contributed by atoms with Crippen LogP contribution in [0.5, 0.6) is 0 Å². The van der Waals surface area contributed by atoms with Gasteiger partial charge in [-0.05, 0) is 31.9 Å². The van der Waals surface area contributed by atoms with E-state index < -0.39 is 0 Å². The van der Waals surface area contributed by atoms with E-state index in [0.717, 1.165) is 31.7 Å². The number of carbonyl (C=O) groups excluding carboxylic acids is 1. The number of rotatable bonds is 3. The van der Waals surface area contributed by atoms with Crippen LogP contribution in [0, 0.1) is 17.2 Å². The number of ether oxygens (including phenoxy) is 1. The van der Waals surface area contributed by atoms with Gasteiger partial charge in [0.15, 0.2) is 0 Å². The van der Waals surface area contributed by atoms with Crippen molar-refractivity contribution in [2.24, 2.45) is 5.92 Å². The highest BCUT2D eigenvalue weighted by Crippen LogP contribution is 2.22. The minimum absolute atomic E-state index is 0.00431. The van der Waals surface area contributed by atoms with E-state index in [9.17, 15) is 4.79 Å². The van der Waals surface area contributed by atoms with Crippen LogP contribution >= 0.6 is 0 Å². The third-order valence-electron chi connectivity index (χ3n) is 3.29. The van der Waals surface area contributed by atoms with Crippen molar-refractivity contribution in [2.45, 2.75) is 19.8 Å². The van der Waals surface area contributed by atoms with Crippen LogP contribution in [0.2, 0.25) is 0 Å². The van der Waals surface area contributed by atoms with Crippen LogP contribution in [-0.4, -0.2) is 30.6 Å². The number of hydrogen-bond acceptors (Lipinski definition) is 5. The monoisotopic (exact) mass is 259 g/mol. The predicted octanol–water partition coefficient (Wildman–Crippen LogP) is 1.73. The molecule has 1 aromatic rings. The van der Waals surface area contributed by atoms with E-state index in [2.05, 4.69) is 9.88 Å². The average molecular weight is 259 g/mol. The zero-order chi connectivity index (χ0) is 13.7. The normalized spacial score (nSPS) is 15.9. The second-order valence-electron chi connectivity index (χ2n) is 4.51. The van der Waals surface area contributed by atoms with E-state index in [-0.39, 0.29) is 11.9 Å². The van der Waals surface area contributed by atoms with Crippen molar-refractivity contribution in [3.8, 4) is 6.07 Å². The minimum Gasteiger partial charge on any atom is -0.466 e. The first-order valence-electron chi connectivity index (χ1n) is 6.53. The van der Waals surface area contributed by atoms with Gasteiger partial charge < -0.3 is 9.64 Å². The minimum atomic E-state index is -0.0964. The molecule has 1 aromatic heterocycles. The number of nitrogens with zero attached hydrogens (tertiary/aromatic N) is 3. The second-order valence-corrected chi connectivity index (χ2v) is 4.51. The van der Waals surface area contributed by atoms with E-state index in [0.29, 0.717) is 12.3 Å². The average Bonchev–Trinajstić information content (AvgIpc) is 2.48. The van der Waals surface area contributed by atoms with Crippen molar-refractivity contribution in [2.75, 3.05) is 24.6 Å². The van der Waals surface area contributed by atoms with Gasteiger partial charge in [-0.1, -0.05) is 6.07 Å². The van der Waals surface area contributed by atoms with Gasteiger partial charge in [0.2, 0.25) is 0 Å². The standard InChI is InChI=1S/C14H17N3O2/c1-2-19-14(18)11-6-8-17(9-7-11)13-5-3-4-12(10-15)16-13/h3-5,11H,2,6-9H2,1H3. The maximum absolute atomic E-state index is 11.6. The molecule has 100 valence electrons. The summed E-state index contributed by atoms with van der Waals surface area (Å²) in [6.07, 6.45) is 1.55. The number of aromatic nitrogens is 1. The largest absolute Gasteiger partial charge is 0.466 e.